The molecule has 2 aromatic rings. The molecule has 0 saturated carbocycles. The lowest BCUT2D eigenvalue weighted by atomic mass is 10.1. The van der Waals surface area contributed by atoms with Crippen LogP contribution in [0.25, 0.3) is 10.8 Å². The van der Waals surface area contributed by atoms with E-state index in [-0.39, 0.29) is 5.69 Å². The summed E-state index contributed by atoms with van der Waals surface area (Å²) in [5, 5.41) is 2.97. The van der Waals surface area contributed by atoms with Gasteiger partial charge in [-0.1, -0.05) is 24.3 Å². The van der Waals surface area contributed by atoms with Crippen molar-refractivity contribution in [2.24, 2.45) is 0 Å². The van der Waals surface area contributed by atoms with Crippen molar-refractivity contribution in [3.8, 4) is 0 Å². The maximum Gasteiger partial charge on any atom is 0.471 e. The van der Waals surface area contributed by atoms with E-state index in [1.807, 2.05) is 0 Å². The number of aromatic nitrogens is 1. The summed E-state index contributed by atoms with van der Waals surface area (Å²) in [6.45, 7) is 0. The Hall–Kier alpha value is -2.11. The summed E-state index contributed by atoms with van der Waals surface area (Å²) in [6, 6.07) is 6.72. The number of hydrogen-bond donors (Lipinski definition) is 1. The van der Waals surface area contributed by atoms with Crippen LogP contribution in [0.1, 0.15) is 0 Å². The van der Waals surface area contributed by atoms with Gasteiger partial charge >= 0.3 is 12.1 Å². The molecule has 1 aromatic heterocycles. The summed E-state index contributed by atoms with van der Waals surface area (Å²) in [5.74, 6) is -2.00. The number of carbonyl (C=O) groups is 1. The van der Waals surface area contributed by atoms with Crippen LogP contribution in [-0.2, 0) is 4.79 Å². The van der Waals surface area contributed by atoms with Crippen molar-refractivity contribution in [2.45, 2.75) is 6.18 Å². The number of hydrogen-bond acceptors (Lipinski definition) is 2. The van der Waals surface area contributed by atoms with Gasteiger partial charge in [-0.2, -0.15) is 13.2 Å². The van der Waals surface area contributed by atoms with Crippen LogP contribution < -0.4 is 5.32 Å². The van der Waals surface area contributed by atoms with Crippen LogP contribution in [0, 0.1) is 0 Å². The Bertz CT molecular complexity index is 561. The Balaban J connectivity index is 2.40. The summed E-state index contributed by atoms with van der Waals surface area (Å²) >= 11 is 0. The molecule has 17 heavy (non-hydrogen) atoms. The van der Waals surface area contributed by atoms with E-state index >= 15 is 0 Å². The second kappa shape index (κ2) is 4.04. The summed E-state index contributed by atoms with van der Waals surface area (Å²) in [5.41, 5.74) is 0.0467. The van der Waals surface area contributed by atoms with Crippen molar-refractivity contribution < 1.29 is 18.0 Å². The normalized spacial score (nSPS) is 11.5. The number of alkyl halides is 3. The molecule has 1 N–H and O–H groups in total. The van der Waals surface area contributed by atoms with Crippen molar-refractivity contribution in [3.05, 3.63) is 36.7 Å². The van der Waals surface area contributed by atoms with Crippen molar-refractivity contribution in [2.75, 3.05) is 5.32 Å². The Labute approximate surface area is 94.3 Å². The van der Waals surface area contributed by atoms with E-state index in [1.54, 1.807) is 29.6 Å². The molecule has 0 spiro atoms. The lowest BCUT2D eigenvalue weighted by Gasteiger charge is -2.09. The summed E-state index contributed by atoms with van der Waals surface area (Å²) in [4.78, 5) is 14.6. The molecule has 0 bridgehead atoms. The number of anilines is 1. The van der Waals surface area contributed by atoms with Gasteiger partial charge in [0.25, 0.3) is 0 Å². The average Bonchev–Trinajstić information content (AvgIpc) is 2.28. The number of fused-ring (bicyclic) bond motifs is 1. The van der Waals surface area contributed by atoms with Crippen molar-refractivity contribution >= 4 is 22.4 Å². The minimum absolute atomic E-state index is 0.0467. The number of nitrogens with one attached hydrogen (secondary N) is 1. The maximum atomic E-state index is 12.1. The second-order valence-electron chi connectivity index (χ2n) is 3.36. The highest BCUT2D eigenvalue weighted by Crippen LogP contribution is 2.24. The van der Waals surface area contributed by atoms with Gasteiger partial charge in [-0.15, -0.1) is 0 Å². The topological polar surface area (TPSA) is 42.0 Å². The molecule has 88 valence electrons. The molecule has 0 aliphatic carbocycles. The number of rotatable bonds is 1. The van der Waals surface area contributed by atoms with Crippen molar-refractivity contribution in [3.63, 3.8) is 0 Å². The molecule has 0 radical (unpaired) electrons. The van der Waals surface area contributed by atoms with E-state index in [2.05, 4.69) is 4.98 Å². The zero-order valence-corrected chi connectivity index (χ0v) is 8.45. The molecule has 0 atom stereocenters. The largest absolute Gasteiger partial charge is 0.471 e. The molecular weight excluding hydrogens is 233 g/mol. The predicted molar refractivity (Wildman–Crippen MR) is 56.4 cm³/mol. The molecule has 6 heteroatoms. The Morgan fingerprint density at radius 3 is 2.59 bits per heavy atom. The van der Waals surface area contributed by atoms with Gasteiger partial charge in [0.15, 0.2) is 0 Å². The number of pyridine rings is 1. The minimum atomic E-state index is -4.91. The molecule has 2 rings (SSSR count). The van der Waals surface area contributed by atoms with Gasteiger partial charge < -0.3 is 5.32 Å². The number of halogens is 3. The Morgan fingerprint density at radius 1 is 1.18 bits per heavy atom. The summed E-state index contributed by atoms with van der Waals surface area (Å²) in [6.07, 6.45) is -2.21. The number of nitrogens with zero attached hydrogens (tertiary/aromatic N) is 1. The first-order valence-corrected chi connectivity index (χ1v) is 4.69. The molecular formula is C11H7F3N2O. The molecule has 1 heterocycles. The van der Waals surface area contributed by atoms with Crippen LogP contribution in [0.3, 0.4) is 0 Å². The van der Waals surface area contributed by atoms with Crippen LogP contribution in [0.4, 0.5) is 18.9 Å². The van der Waals surface area contributed by atoms with E-state index < -0.39 is 12.1 Å². The van der Waals surface area contributed by atoms with Gasteiger partial charge in [0.05, 0.1) is 11.9 Å². The molecule has 0 fully saturated rings. The highest BCUT2D eigenvalue weighted by Gasteiger charge is 2.38. The standard InChI is InChI=1S/C11H7F3N2O/c12-11(13,14)10(17)16-9-6-15-5-7-3-1-2-4-8(7)9/h1-6H,(H,16,17). The van der Waals surface area contributed by atoms with Gasteiger partial charge in [-0.05, 0) is 0 Å². The van der Waals surface area contributed by atoms with E-state index in [0.29, 0.717) is 10.8 Å². The molecule has 0 aliphatic heterocycles. The fourth-order valence-electron chi connectivity index (χ4n) is 1.41. The number of amides is 1. The average molecular weight is 240 g/mol. The number of carbonyl (C=O) groups excluding carboxylic acids is 1. The lowest BCUT2D eigenvalue weighted by Crippen LogP contribution is -2.30. The fraction of sp³-hybridized carbons (Fsp3) is 0.0909. The van der Waals surface area contributed by atoms with E-state index in [9.17, 15) is 18.0 Å². The molecule has 1 aromatic carbocycles. The Morgan fingerprint density at radius 2 is 1.88 bits per heavy atom. The molecule has 1 amide bonds. The maximum absolute atomic E-state index is 12.1. The smallest absolute Gasteiger partial charge is 0.316 e. The van der Waals surface area contributed by atoms with E-state index in [1.165, 1.54) is 12.4 Å². The molecule has 0 saturated heterocycles. The van der Waals surface area contributed by atoms with Gasteiger partial charge in [-0.3, -0.25) is 9.78 Å². The van der Waals surface area contributed by atoms with Crippen LogP contribution >= 0.6 is 0 Å². The van der Waals surface area contributed by atoms with Gasteiger partial charge in [-0.25, -0.2) is 0 Å². The number of benzene rings is 1. The van der Waals surface area contributed by atoms with Crippen molar-refractivity contribution in [1.82, 2.24) is 4.98 Å². The molecule has 0 unspecified atom stereocenters. The third-order valence-corrected chi connectivity index (χ3v) is 2.17. The summed E-state index contributed by atoms with van der Waals surface area (Å²) in [7, 11) is 0. The van der Waals surface area contributed by atoms with Gasteiger partial charge in [0.2, 0.25) is 0 Å². The third-order valence-electron chi connectivity index (χ3n) is 2.17. The third kappa shape index (κ3) is 2.35. The van der Waals surface area contributed by atoms with Crippen LogP contribution in [-0.4, -0.2) is 17.1 Å². The lowest BCUT2D eigenvalue weighted by molar-refractivity contribution is -0.167. The zero-order chi connectivity index (χ0) is 12.5. The highest BCUT2D eigenvalue weighted by atomic mass is 19.4. The quantitative estimate of drug-likeness (QED) is 0.832. The first-order chi connectivity index (χ1) is 7.98. The Kier molecular flexibility index (Phi) is 2.71. The predicted octanol–water partition coefficient (Wildman–Crippen LogP) is 2.74. The monoisotopic (exact) mass is 240 g/mol. The zero-order valence-electron chi connectivity index (χ0n) is 8.45. The highest BCUT2D eigenvalue weighted by molar-refractivity contribution is 6.03. The van der Waals surface area contributed by atoms with Gasteiger partial charge in [0, 0.05) is 17.0 Å². The summed E-state index contributed by atoms with van der Waals surface area (Å²) < 4.78 is 36.3. The molecule has 3 nitrogen and oxygen atoms in total. The van der Waals surface area contributed by atoms with E-state index in [0.717, 1.165) is 0 Å². The minimum Gasteiger partial charge on any atom is -0.316 e. The van der Waals surface area contributed by atoms with Crippen LogP contribution in [0.2, 0.25) is 0 Å². The SMILES string of the molecule is O=C(Nc1cncc2ccccc12)C(F)(F)F. The van der Waals surface area contributed by atoms with Crippen molar-refractivity contribution in [1.29, 1.82) is 0 Å². The fourth-order valence-corrected chi connectivity index (χ4v) is 1.41. The molecule has 0 aliphatic rings. The first kappa shape index (κ1) is 11.4. The van der Waals surface area contributed by atoms with Gasteiger partial charge in [0.1, 0.15) is 0 Å². The van der Waals surface area contributed by atoms with Crippen LogP contribution in [0.15, 0.2) is 36.7 Å². The first-order valence-electron chi connectivity index (χ1n) is 4.69. The second-order valence-corrected chi connectivity index (χ2v) is 3.36. The van der Waals surface area contributed by atoms with Crippen LogP contribution in [0.5, 0.6) is 0 Å². The van der Waals surface area contributed by atoms with E-state index in [4.69, 9.17) is 0 Å².